The van der Waals surface area contributed by atoms with Gasteiger partial charge in [0.25, 0.3) is 5.56 Å². The molecule has 0 spiro atoms. The Morgan fingerprint density at radius 1 is 1.30 bits per heavy atom. The minimum atomic E-state index is -0.444. The molecule has 1 aromatic heterocycles. The van der Waals surface area contributed by atoms with Gasteiger partial charge in [-0.15, -0.1) is 0 Å². The molecule has 0 radical (unpaired) electrons. The van der Waals surface area contributed by atoms with E-state index in [2.05, 4.69) is 15.3 Å². The Kier molecular flexibility index (Phi) is 4.38. The highest BCUT2D eigenvalue weighted by Crippen LogP contribution is 2.27. The molecular formula is C17H17FN4O. The number of hydrogen-bond donors (Lipinski definition) is 2. The first-order chi connectivity index (χ1) is 11.2. The van der Waals surface area contributed by atoms with E-state index in [1.807, 2.05) is 6.07 Å². The zero-order chi connectivity index (χ0) is 16.2. The Balaban J connectivity index is 1.90. The van der Waals surface area contributed by atoms with Gasteiger partial charge in [-0.1, -0.05) is 25.7 Å². The van der Waals surface area contributed by atoms with Gasteiger partial charge in [-0.3, -0.25) is 4.79 Å². The standard InChI is InChI=1S/C17H17FN4O/c18-12-5-7-13(8-6-12)20-16-14(10-19)17(23)22-15(21-16)9-11-3-1-2-4-11/h5-8,11H,1-4,9H2,(H2,20,21,22,23). The number of aromatic nitrogens is 2. The van der Waals surface area contributed by atoms with Crippen molar-refractivity contribution in [2.24, 2.45) is 5.92 Å². The van der Waals surface area contributed by atoms with E-state index in [0.29, 0.717) is 23.9 Å². The first kappa shape index (κ1) is 15.2. The smallest absolute Gasteiger partial charge is 0.271 e. The van der Waals surface area contributed by atoms with Crippen molar-refractivity contribution in [2.45, 2.75) is 32.1 Å². The first-order valence-corrected chi connectivity index (χ1v) is 7.71. The lowest BCUT2D eigenvalue weighted by Gasteiger charge is -2.11. The maximum Gasteiger partial charge on any atom is 0.271 e. The zero-order valence-electron chi connectivity index (χ0n) is 12.6. The monoisotopic (exact) mass is 312 g/mol. The van der Waals surface area contributed by atoms with Crippen molar-refractivity contribution >= 4 is 11.5 Å². The van der Waals surface area contributed by atoms with Gasteiger partial charge in [0.2, 0.25) is 0 Å². The predicted octanol–water partition coefficient (Wildman–Crippen LogP) is 3.26. The third kappa shape index (κ3) is 3.57. The van der Waals surface area contributed by atoms with Crippen LogP contribution in [-0.2, 0) is 6.42 Å². The number of anilines is 2. The molecule has 1 aliphatic rings. The normalized spacial score (nSPS) is 14.6. The quantitative estimate of drug-likeness (QED) is 0.908. The van der Waals surface area contributed by atoms with E-state index in [4.69, 9.17) is 0 Å². The molecule has 0 aliphatic heterocycles. The molecule has 118 valence electrons. The molecular weight excluding hydrogens is 295 g/mol. The molecule has 1 heterocycles. The van der Waals surface area contributed by atoms with Crippen LogP contribution in [0.4, 0.5) is 15.9 Å². The number of hydrogen-bond acceptors (Lipinski definition) is 4. The summed E-state index contributed by atoms with van der Waals surface area (Å²) in [7, 11) is 0. The van der Waals surface area contributed by atoms with Crippen LogP contribution in [0.25, 0.3) is 0 Å². The van der Waals surface area contributed by atoms with Gasteiger partial charge in [0.05, 0.1) is 0 Å². The van der Waals surface area contributed by atoms with Gasteiger partial charge in [0.15, 0.2) is 11.4 Å². The first-order valence-electron chi connectivity index (χ1n) is 7.71. The molecule has 1 saturated carbocycles. The van der Waals surface area contributed by atoms with Crippen LogP contribution in [0.1, 0.15) is 37.1 Å². The fraction of sp³-hybridized carbons (Fsp3) is 0.353. The summed E-state index contributed by atoms with van der Waals surface area (Å²) in [5.41, 5.74) is 0.0671. The molecule has 23 heavy (non-hydrogen) atoms. The van der Waals surface area contributed by atoms with Gasteiger partial charge >= 0.3 is 0 Å². The van der Waals surface area contributed by atoms with E-state index in [-0.39, 0.29) is 17.2 Å². The maximum atomic E-state index is 13.0. The lowest BCUT2D eigenvalue weighted by molar-refractivity contribution is 0.529. The lowest BCUT2D eigenvalue weighted by Crippen LogP contribution is -2.19. The van der Waals surface area contributed by atoms with Crippen LogP contribution >= 0.6 is 0 Å². The Morgan fingerprint density at radius 3 is 2.65 bits per heavy atom. The molecule has 1 aliphatic carbocycles. The Hall–Kier alpha value is -2.68. The summed E-state index contributed by atoms with van der Waals surface area (Å²) in [6.45, 7) is 0. The molecule has 2 N–H and O–H groups in total. The summed E-state index contributed by atoms with van der Waals surface area (Å²) in [5.74, 6) is 0.989. The summed E-state index contributed by atoms with van der Waals surface area (Å²) in [6.07, 6.45) is 5.42. The molecule has 1 aromatic carbocycles. The van der Waals surface area contributed by atoms with Crippen LogP contribution < -0.4 is 10.9 Å². The van der Waals surface area contributed by atoms with Crippen molar-refractivity contribution in [1.82, 2.24) is 9.97 Å². The van der Waals surface area contributed by atoms with Gasteiger partial charge in [0, 0.05) is 12.1 Å². The number of nitrogens with zero attached hydrogens (tertiary/aromatic N) is 2. The largest absolute Gasteiger partial charge is 0.339 e. The minimum Gasteiger partial charge on any atom is -0.339 e. The van der Waals surface area contributed by atoms with Gasteiger partial charge < -0.3 is 10.3 Å². The van der Waals surface area contributed by atoms with E-state index in [1.165, 1.54) is 37.1 Å². The van der Waals surface area contributed by atoms with Crippen LogP contribution in [-0.4, -0.2) is 9.97 Å². The molecule has 6 heteroatoms. The summed E-state index contributed by atoms with van der Waals surface area (Å²) in [4.78, 5) is 19.2. The highest BCUT2D eigenvalue weighted by Gasteiger charge is 2.18. The van der Waals surface area contributed by atoms with Crippen molar-refractivity contribution < 1.29 is 4.39 Å². The highest BCUT2D eigenvalue weighted by molar-refractivity contribution is 5.61. The van der Waals surface area contributed by atoms with Crippen LogP contribution in [0.2, 0.25) is 0 Å². The summed E-state index contributed by atoms with van der Waals surface area (Å²) < 4.78 is 13.0. The molecule has 1 fully saturated rings. The summed E-state index contributed by atoms with van der Waals surface area (Å²) in [6, 6.07) is 7.56. The van der Waals surface area contributed by atoms with Crippen molar-refractivity contribution in [3.05, 3.63) is 51.8 Å². The molecule has 0 saturated heterocycles. The molecule has 2 aromatic rings. The average molecular weight is 312 g/mol. The Bertz CT molecular complexity index is 786. The van der Waals surface area contributed by atoms with Crippen LogP contribution in [0, 0.1) is 23.1 Å². The number of aromatic amines is 1. The third-order valence-corrected chi connectivity index (χ3v) is 4.14. The van der Waals surface area contributed by atoms with E-state index in [1.54, 1.807) is 0 Å². The van der Waals surface area contributed by atoms with Gasteiger partial charge in [-0.2, -0.15) is 5.26 Å². The second kappa shape index (κ2) is 6.61. The van der Waals surface area contributed by atoms with E-state index in [9.17, 15) is 14.4 Å². The maximum absolute atomic E-state index is 13.0. The Labute approximate surface area is 133 Å². The second-order valence-corrected chi connectivity index (χ2v) is 5.83. The zero-order valence-corrected chi connectivity index (χ0v) is 12.6. The Morgan fingerprint density at radius 2 is 2.00 bits per heavy atom. The molecule has 0 atom stereocenters. The van der Waals surface area contributed by atoms with E-state index >= 15 is 0 Å². The lowest BCUT2D eigenvalue weighted by atomic mass is 10.0. The van der Waals surface area contributed by atoms with Crippen LogP contribution in [0.15, 0.2) is 29.1 Å². The number of nitriles is 1. The van der Waals surface area contributed by atoms with E-state index < -0.39 is 5.56 Å². The molecule has 3 rings (SSSR count). The third-order valence-electron chi connectivity index (χ3n) is 4.14. The number of rotatable bonds is 4. The topological polar surface area (TPSA) is 81.6 Å². The van der Waals surface area contributed by atoms with Gasteiger partial charge in [-0.25, -0.2) is 9.37 Å². The second-order valence-electron chi connectivity index (χ2n) is 5.83. The van der Waals surface area contributed by atoms with Crippen molar-refractivity contribution in [2.75, 3.05) is 5.32 Å². The predicted molar refractivity (Wildman–Crippen MR) is 84.9 cm³/mol. The van der Waals surface area contributed by atoms with E-state index in [0.717, 1.165) is 12.8 Å². The molecule has 0 unspecified atom stereocenters. The fourth-order valence-corrected chi connectivity index (χ4v) is 2.97. The fourth-order valence-electron chi connectivity index (χ4n) is 2.97. The van der Waals surface area contributed by atoms with Crippen LogP contribution in [0.3, 0.4) is 0 Å². The van der Waals surface area contributed by atoms with Crippen molar-refractivity contribution in [3.8, 4) is 6.07 Å². The van der Waals surface area contributed by atoms with Gasteiger partial charge in [-0.05, 0) is 30.2 Å². The van der Waals surface area contributed by atoms with Crippen LogP contribution in [0.5, 0.6) is 0 Å². The van der Waals surface area contributed by atoms with Gasteiger partial charge in [0.1, 0.15) is 17.7 Å². The number of H-pyrrole nitrogens is 1. The molecule has 0 bridgehead atoms. The number of nitrogens with one attached hydrogen (secondary N) is 2. The number of halogens is 1. The van der Waals surface area contributed by atoms with Crippen molar-refractivity contribution in [3.63, 3.8) is 0 Å². The molecule has 5 nitrogen and oxygen atoms in total. The average Bonchev–Trinajstić information content (AvgIpc) is 3.02. The molecule has 0 amide bonds. The van der Waals surface area contributed by atoms with Crippen molar-refractivity contribution in [1.29, 1.82) is 5.26 Å². The summed E-state index contributed by atoms with van der Waals surface area (Å²) >= 11 is 0. The number of benzene rings is 1. The SMILES string of the molecule is N#Cc1c(Nc2ccc(F)cc2)nc(CC2CCCC2)[nH]c1=O. The summed E-state index contributed by atoms with van der Waals surface area (Å²) in [5, 5.41) is 12.1. The highest BCUT2D eigenvalue weighted by atomic mass is 19.1. The minimum absolute atomic E-state index is 0.0653.